The fourth-order valence-electron chi connectivity index (χ4n) is 6.88. The zero-order valence-corrected chi connectivity index (χ0v) is 19.7. The molecule has 0 bridgehead atoms. The van der Waals surface area contributed by atoms with Crippen LogP contribution in [0, 0.1) is 17.8 Å². The van der Waals surface area contributed by atoms with Crippen molar-refractivity contribution in [3.05, 3.63) is 24.0 Å². The van der Waals surface area contributed by atoms with Crippen molar-refractivity contribution in [2.45, 2.75) is 62.7 Å². The van der Waals surface area contributed by atoms with Gasteiger partial charge in [-0.1, -0.05) is 0 Å². The highest BCUT2D eigenvalue weighted by atomic mass is 19.3. The molecule has 1 aliphatic carbocycles. The van der Waals surface area contributed by atoms with Gasteiger partial charge >= 0.3 is 0 Å². The van der Waals surface area contributed by atoms with Gasteiger partial charge in [0, 0.05) is 32.2 Å². The van der Waals surface area contributed by atoms with Crippen molar-refractivity contribution in [1.82, 2.24) is 25.6 Å². The fourth-order valence-corrected chi connectivity index (χ4v) is 6.88. The molecule has 4 aliphatic rings. The van der Waals surface area contributed by atoms with Crippen LogP contribution in [0.15, 0.2) is 18.3 Å². The van der Waals surface area contributed by atoms with Crippen LogP contribution in [0.5, 0.6) is 0 Å². The normalized spacial score (nSPS) is 34.1. The van der Waals surface area contributed by atoms with E-state index in [0.29, 0.717) is 18.7 Å². The predicted octanol–water partition coefficient (Wildman–Crippen LogP) is 3.30. The van der Waals surface area contributed by atoms with Crippen LogP contribution in [0.4, 0.5) is 27.6 Å². The number of aromatic nitrogens is 1. The summed E-state index contributed by atoms with van der Waals surface area (Å²) in [5.41, 5.74) is 7.85. The SMILES string of the molecule is FCCCN1CC(Nc2ccc([C@@H]3C4CCC5NNCC5C4C[C@@H](C(F)F)N3CC(F)F)nc2)C1. The minimum absolute atomic E-state index is 0.00806. The molecule has 1 saturated carbocycles. The first-order chi connectivity index (χ1) is 16.9. The summed E-state index contributed by atoms with van der Waals surface area (Å²) in [6.07, 6.45) is -1.26. The van der Waals surface area contributed by atoms with Gasteiger partial charge in [-0.15, -0.1) is 0 Å². The summed E-state index contributed by atoms with van der Waals surface area (Å²) < 4.78 is 67.9. The number of likely N-dealkylation sites (tertiary alicyclic amines) is 2. The lowest BCUT2D eigenvalue weighted by Gasteiger charge is -2.53. The molecule has 6 nitrogen and oxygen atoms in total. The first-order valence-corrected chi connectivity index (χ1v) is 12.8. The zero-order valence-electron chi connectivity index (χ0n) is 19.7. The summed E-state index contributed by atoms with van der Waals surface area (Å²) in [5.74, 6) is 0.249. The van der Waals surface area contributed by atoms with Crippen LogP contribution in [0.25, 0.3) is 0 Å². The van der Waals surface area contributed by atoms with Gasteiger partial charge in [-0.05, 0) is 55.6 Å². The highest BCUT2D eigenvalue weighted by Gasteiger charge is 2.53. The number of hydrogen-bond donors (Lipinski definition) is 3. The van der Waals surface area contributed by atoms with E-state index in [1.807, 2.05) is 12.1 Å². The molecule has 4 heterocycles. The van der Waals surface area contributed by atoms with E-state index in [4.69, 9.17) is 0 Å². The van der Waals surface area contributed by atoms with Crippen molar-refractivity contribution >= 4 is 5.69 Å². The second-order valence-corrected chi connectivity index (χ2v) is 10.5. The summed E-state index contributed by atoms with van der Waals surface area (Å²) in [6.45, 7) is 2.13. The Labute approximate surface area is 203 Å². The topological polar surface area (TPSA) is 55.5 Å². The van der Waals surface area contributed by atoms with E-state index in [0.717, 1.165) is 38.2 Å². The molecule has 35 heavy (non-hydrogen) atoms. The van der Waals surface area contributed by atoms with Crippen molar-refractivity contribution in [3.8, 4) is 0 Å². The molecule has 1 aromatic heterocycles. The zero-order chi connectivity index (χ0) is 24.5. The maximum absolute atomic E-state index is 14.2. The third kappa shape index (κ3) is 5.28. The lowest BCUT2D eigenvalue weighted by Crippen LogP contribution is -2.57. The molecule has 3 saturated heterocycles. The Balaban J connectivity index is 1.34. The lowest BCUT2D eigenvalue weighted by atomic mass is 9.62. The van der Waals surface area contributed by atoms with Crippen molar-refractivity contribution in [1.29, 1.82) is 0 Å². The second kappa shape index (κ2) is 10.8. The van der Waals surface area contributed by atoms with Crippen LogP contribution < -0.4 is 16.2 Å². The van der Waals surface area contributed by atoms with Crippen LogP contribution in [-0.2, 0) is 0 Å². The van der Waals surface area contributed by atoms with Gasteiger partial charge in [0.1, 0.15) is 0 Å². The molecule has 4 fully saturated rings. The highest BCUT2D eigenvalue weighted by molar-refractivity contribution is 5.43. The number of nitrogens with one attached hydrogen (secondary N) is 3. The summed E-state index contributed by atoms with van der Waals surface area (Å²) in [7, 11) is 0. The Kier molecular flexibility index (Phi) is 7.76. The predicted molar refractivity (Wildman–Crippen MR) is 123 cm³/mol. The number of fused-ring (bicyclic) bond motifs is 3. The van der Waals surface area contributed by atoms with Gasteiger partial charge in [-0.3, -0.25) is 30.0 Å². The third-order valence-electron chi connectivity index (χ3n) is 8.42. The number of hydrogen-bond acceptors (Lipinski definition) is 6. The number of hydrazine groups is 1. The monoisotopic (exact) mass is 502 g/mol. The molecular formula is C24H35F5N6. The van der Waals surface area contributed by atoms with Gasteiger partial charge in [0.15, 0.2) is 0 Å². The molecule has 11 heteroatoms. The van der Waals surface area contributed by atoms with Crippen LogP contribution in [0.2, 0.25) is 0 Å². The van der Waals surface area contributed by atoms with Crippen molar-refractivity contribution < 1.29 is 22.0 Å². The molecular weight excluding hydrogens is 467 g/mol. The molecule has 0 spiro atoms. The quantitative estimate of drug-likeness (QED) is 0.451. The van der Waals surface area contributed by atoms with Crippen molar-refractivity contribution in [2.24, 2.45) is 17.8 Å². The smallest absolute Gasteiger partial charge is 0.253 e. The van der Waals surface area contributed by atoms with Gasteiger partial charge < -0.3 is 5.32 Å². The first kappa shape index (κ1) is 25.1. The number of nitrogens with zero attached hydrogens (tertiary/aromatic N) is 3. The molecule has 4 unspecified atom stereocenters. The molecule has 6 atom stereocenters. The Morgan fingerprint density at radius 2 is 1.91 bits per heavy atom. The maximum Gasteiger partial charge on any atom is 0.253 e. The third-order valence-corrected chi connectivity index (χ3v) is 8.42. The molecule has 0 radical (unpaired) electrons. The van der Waals surface area contributed by atoms with Crippen LogP contribution in [0.3, 0.4) is 0 Å². The number of rotatable bonds is 9. The Morgan fingerprint density at radius 1 is 1.09 bits per heavy atom. The largest absolute Gasteiger partial charge is 0.378 e. The van der Waals surface area contributed by atoms with Crippen molar-refractivity contribution in [3.63, 3.8) is 0 Å². The number of piperidine rings is 1. The molecule has 3 N–H and O–H groups in total. The van der Waals surface area contributed by atoms with E-state index < -0.39 is 31.5 Å². The van der Waals surface area contributed by atoms with E-state index in [1.165, 1.54) is 4.90 Å². The number of halogens is 5. The van der Waals surface area contributed by atoms with Gasteiger partial charge in [-0.25, -0.2) is 17.6 Å². The number of anilines is 1. The van der Waals surface area contributed by atoms with Crippen molar-refractivity contribution in [2.75, 3.05) is 44.7 Å². The first-order valence-electron chi connectivity index (χ1n) is 12.8. The summed E-state index contributed by atoms with van der Waals surface area (Å²) >= 11 is 0. The molecule has 3 aliphatic heterocycles. The van der Waals surface area contributed by atoms with E-state index >= 15 is 0 Å². The minimum Gasteiger partial charge on any atom is -0.378 e. The summed E-state index contributed by atoms with van der Waals surface area (Å²) in [5, 5.41) is 3.40. The lowest BCUT2D eigenvalue weighted by molar-refractivity contribution is -0.110. The number of alkyl halides is 5. The molecule has 5 rings (SSSR count). The summed E-state index contributed by atoms with van der Waals surface area (Å²) in [4.78, 5) is 8.14. The van der Waals surface area contributed by atoms with E-state index in [9.17, 15) is 22.0 Å². The van der Waals surface area contributed by atoms with E-state index in [2.05, 4.69) is 26.1 Å². The van der Waals surface area contributed by atoms with E-state index in [-0.39, 0.29) is 42.9 Å². The van der Waals surface area contributed by atoms with E-state index in [1.54, 1.807) is 6.20 Å². The molecule has 1 aromatic rings. The van der Waals surface area contributed by atoms with Gasteiger partial charge in [0.2, 0.25) is 0 Å². The molecule has 0 aromatic carbocycles. The van der Waals surface area contributed by atoms with Gasteiger partial charge in [0.05, 0.1) is 48.9 Å². The highest BCUT2D eigenvalue weighted by Crippen LogP contribution is 2.52. The molecule has 196 valence electrons. The molecule has 0 amide bonds. The minimum atomic E-state index is -2.69. The van der Waals surface area contributed by atoms with Gasteiger partial charge in [-0.2, -0.15) is 0 Å². The second-order valence-electron chi connectivity index (χ2n) is 10.5. The van der Waals surface area contributed by atoms with Crippen LogP contribution >= 0.6 is 0 Å². The Morgan fingerprint density at radius 3 is 2.60 bits per heavy atom. The average molecular weight is 503 g/mol. The Bertz CT molecular complexity index is 823. The number of pyridine rings is 1. The van der Waals surface area contributed by atoms with Crippen LogP contribution in [-0.4, -0.2) is 85.2 Å². The van der Waals surface area contributed by atoms with Gasteiger partial charge in [0.25, 0.3) is 12.9 Å². The fraction of sp³-hybridized carbons (Fsp3) is 0.792. The Hall–Kier alpha value is -1.56. The standard InChI is InChI=1S/C24H35F5N6/c25-6-1-7-34-11-15(12-34)32-14-2-4-20(30-9-14)23-16-3-5-19-18(10-31-33-19)17(16)8-21(24(28)29)35(23)13-22(26)27/h2,4,9,15-19,21-24,31-33H,1,3,5-8,10-13H2/t16?,17?,18?,19?,21-,23-/m0/s1. The average Bonchev–Trinajstić information content (AvgIpc) is 3.29. The van der Waals surface area contributed by atoms with Crippen LogP contribution in [0.1, 0.15) is 37.4 Å². The summed E-state index contributed by atoms with van der Waals surface area (Å²) in [6, 6.07) is 2.41. The maximum atomic E-state index is 14.2.